The number of rotatable bonds is 6. The first kappa shape index (κ1) is 19.8. The second-order valence-corrected chi connectivity index (χ2v) is 7.16. The fourth-order valence-electron chi connectivity index (χ4n) is 3.45. The van der Waals surface area contributed by atoms with Gasteiger partial charge in [0.05, 0.1) is 18.8 Å². The highest BCUT2D eigenvalue weighted by atomic mass is 16.5. The summed E-state index contributed by atoms with van der Waals surface area (Å²) in [6.45, 7) is 2.84. The van der Waals surface area contributed by atoms with Gasteiger partial charge in [-0.05, 0) is 12.1 Å². The van der Waals surface area contributed by atoms with Crippen LogP contribution in [0.5, 0.6) is 5.75 Å². The third kappa shape index (κ3) is 4.93. The maximum absolute atomic E-state index is 12.4. The number of aromatic nitrogens is 2. The predicted octanol–water partition coefficient (Wildman–Crippen LogP) is 1.92. The summed E-state index contributed by atoms with van der Waals surface area (Å²) in [4.78, 5) is 26.6. The average molecular weight is 404 g/mol. The number of ether oxygens (including phenoxy) is 1. The lowest BCUT2D eigenvalue weighted by Gasteiger charge is -2.18. The van der Waals surface area contributed by atoms with E-state index < -0.39 is 0 Å². The summed E-state index contributed by atoms with van der Waals surface area (Å²) in [5.41, 5.74) is 2.56. The van der Waals surface area contributed by atoms with Crippen molar-refractivity contribution in [1.29, 1.82) is 0 Å². The van der Waals surface area contributed by atoms with Gasteiger partial charge in [0.25, 0.3) is 5.56 Å². The molecule has 7 nitrogen and oxygen atoms in total. The Kier molecular flexibility index (Phi) is 6.20. The molecule has 1 aliphatic rings. The molecule has 0 fully saturated rings. The largest absolute Gasteiger partial charge is 0.492 e. The molecule has 0 bridgehead atoms. The Morgan fingerprint density at radius 3 is 2.70 bits per heavy atom. The number of carbonyl (C=O) groups is 1. The molecule has 154 valence electrons. The zero-order valence-electron chi connectivity index (χ0n) is 16.7. The number of benzene rings is 2. The molecule has 2 heterocycles. The van der Waals surface area contributed by atoms with Crippen LogP contribution < -0.4 is 15.6 Å². The van der Waals surface area contributed by atoms with Crippen molar-refractivity contribution in [3.8, 4) is 17.0 Å². The molecule has 0 radical (unpaired) electrons. The van der Waals surface area contributed by atoms with Gasteiger partial charge >= 0.3 is 0 Å². The van der Waals surface area contributed by atoms with Crippen LogP contribution >= 0.6 is 0 Å². The van der Waals surface area contributed by atoms with E-state index in [4.69, 9.17) is 4.74 Å². The van der Waals surface area contributed by atoms with Crippen molar-refractivity contribution < 1.29 is 9.53 Å². The van der Waals surface area contributed by atoms with Crippen LogP contribution in [0.1, 0.15) is 5.56 Å². The topological polar surface area (TPSA) is 76.5 Å². The first-order chi connectivity index (χ1) is 14.7. The van der Waals surface area contributed by atoms with Gasteiger partial charge in [-0.2, -0.15) is 5.10 Å². The molecule has 0 unspecified atom stereocenters. The molecule has 2 aromatic carbocycles. The van der Waals surface area contributed by atoms with Crippen LogP contribution in [0.3, 0.4) is 0 Å². The van der Waals surface area contributed by atoms with E-state index in [2.05, 4.69) is 15.3 Å². The summed E-state index contributed by atoms with van der Waals surface area (Å²) < 4.78 is 7.13. The van der Waals surface area contributed by atoms with Gasteiger partial charge in [0.1, 0.15) is 12.4 Å². The number of hydrogen-bond acceptors (Lipinski definition) is 5. The molecule has 0 saturated heterocycles. The number of hydrogen-bond donors (Lipinski definition) is 1. The molecule has 4 rings (SSSR count). The van der Waals surface area contributed by atoms with Gasteiger partial charge in [0.2, 0.25) is 5.91 Å². The third-order valence-corrected chi connectivity index (χ3v) is 4.98. The minimum Gasteiger partial charge on any atom is -0.492 e. The summed E-state index contributed by atoms with van der Waals surface area (Å²) in [7, 11) is 0. The zero-order chi connectivity index (χ0) is 20.8. The van der Waals surface area contributed by atoms with Crippen LogP contribution in [-0.4, -0.2) is 46.8 Å². The summed E-state index contributed by atoms with van der Waals surface area (Å²) in [6.07, 6.45) is 0. The van der Waals surface area contributed by atoms with Gasteiger partial charge in [-0.1, -0.05) is 48.5 Å². The van der Waals surface area contributed by atoms with Crippen LogP contribution in [0.4, 0.5) is 0 Å². The van der Waals surface area contributed by atoms with E-state index in [1.54, 1.807) is 6.07 Å². The fourth-order valence-corrected chi connectivity index (χ4v) is 3.45. The first-order valence-electron chi connectivity index (χ1n) is 10.0. The number of amides is 1. The van der Waals surface area contributed by atoms with Gasteiger partial charge in [0.15, 0.2) is 0 Å². The second kappa shape index (κ2) is 9.37. The van der Waals surface area contributed by atoms with Crippen molar-refractivity contribution >= 4 is 5.91 Å². The smallest absolute Gasteiger partial charge is 0.266 e. The van der Waals surface area contributed by atoms with E-state index in [-0.39, 0.29) is 18.0 Å². The zero-order valence-corrected chi connectivity index (χ0v) is 16.7. The molecule has 0 atom stereocenters. The highest BCUT2D eigenvalue weighted by molar-refractivity contribution is 5.78. The third-order valence-electron chi connectivity index (χ3n) is 4.98. The Morgan fingerprint density at radius 1 is 1.03 bits per heavy atom. The molecular formula is C23H24N4O3. The predicted molar refractivity (Wildman–Crippen MR) is 114 cm³/mol. The van der Waals surface area contributed by atoms with Gasteiger partial charge in [-0.25, -0.2) is 4.68 Å². The molecule has 0 spiro atoms. The molecule has 1 N–H and O–H groups in total. The van der Waals surface area contributed by atoms with Gasteiger partial charge in [0, 0.05) is 36.8 Å². The van der Waals surface area contributed by atoms with Gasteiger partial charge < -0.3 is 10.1 Å². The Labute approximate surface area is 174 Å². The minimum absolute atomic E-state index is 0.0818. The van der Waals surface area contributed by atoms with E-state index in [1.165, 1.54) is 10.7 Å². The second-order valence-electron chi connectivity index (χ2n) is 7.16. The summed E-state index contributed by atoms with van der Waals surface area (Å²) >= 11 is 0. The van der Waals surface area contributed by atoms with Gasteiger partial charge in [-0.15, -0.1) is 0 Å². The molecule has 0 aliphatic carbocycles. The molecule has 30 heavy (non-hydrogen) atoms. The Balaban J connectivity index is 1.31. The average Bonchev–Trinajstić information content (AvgIpc) is 2.97. The maximum Gasteiger partial charge on any atom is 0.266 e. The maximum atomic E-state index is 12.4. The number of carbonyl (C=O) groups excluding carboxylic acids is 1. The minimum atomic E-state index is -0.190. The van der Waals surface area contributed by atoms with E-state index >= 15 is 0 Å². The molecular weight excluding hydrogens is 380 g/mol. The quantitative estimate of drug-likeness (QED) is 0.679. The fraction of sp³-hybridized carbons (Fsp3) is 0.261. The van der Waals surface area contributed by atoms with Crippen LogP contribution in [0.25, 0.3) is 11.3 Å². The number of nitrogens with one attached hydrogen (secondary N) is 1. The van der Waals surface area contributed by atoms with Crippen LogP contribution in [-0.2, 0) is 17.9 Å². The van der Waals surface area contributed by atoms with Crippen LogP contribution in [0.15, 0.2) is 71.5 Å². The highest BCUT2D eigenvalue weighted by Crippen LogP contribution is 2.22. The molecule has 1 aliphatic heterocycles. The van der Waals surface area contributed by atoms with E-state index in [9.17, 15) is 9.59 Å². The Bertz CT molecular complexity index is 1070. The Morgan fingerprint density at radius 2 is 1.83 bits per heavy atom. The SMILES string of the molecule is O=C(CN1CCOc2ccccc2C1)NCCn1nc(-c2ccccc2)ccc1=O. The monoisotopic (exact) mass is 404 g/mol. The lowest BCUT2D eigenvalue weighted by molar-refractivity contribution is -0.122. The van der Waals surface area contributed by atoms with Crippen molar-refractivity contribution in [1.82, 2.24) is 20.0 Å². The van der Waals surface area contributed by atoms with Crippen LogP contribution in [0, 0.1) is 0 Å². The first-order valence-corrected chi connectivity index (χ1v) is 10.0. The lowest BCUT2D eigenvalue weighted by Crippen LogP contribution is -2.39. The van der Waals surface area contributed by atoms with E-state index in [1.807, 2.05) is 54.6 Å². The standard InChI is InChI=1S/C23H24N4O3/c28-22(17-26-14-15-30-21-9-5-4-8-19(21)16-26)24-12-13-27-23(29)11-10-20(25-27)18-6-2-1-3-7-18/h1-11H,12-17H2,(H,24,28). The van der Waals surface area contributed by atoms with Crippen molar-refractivity contribution in [2.45, 2.75) is 13.1 Å². The summed E-state index contributed by atoms with van der Waals surface area (Å²) in [5, 5.41) is 7.31. The highest BCUT2D eigenvalue weighted by Gasteiger charge is 2.17. The van der Waals surface area contributed by atoms with E-state index in [0.717, 1.165) is 22.6 Å². The number of fused-ring (bicyclic) bond motifs is 1. The van der Waals surface area contributed by atoms with Crippen LogP contribution in [0.2, 0.25) is 0 Å². The normalized spacial score (nSPS) is 13.7. The molecule has 3 aromatic rings. The van der Waals surface area contributed by atoms with Gasteiger partial charge in [-0.3, -0.25) is 14.5 Å². The van der Waals surface area contributed by atoms with E-state index in [0.29, 0.717) is 32.8 Å². The number of para-hydroxylation sites is 1. The lowest BCUT2D eigenvalue weighted by atomic mass is 10.1. The van der Waals surface area contributed by atoms with Crippen molar-refractivity contribution in [2.24, 2.45) is 0 Å². The molecule has 7 heteroatoms. The van der Waals surface area contributed by atoms with Crippen molar-refractivity contribution in [2.75, 3.05) is 26.2 Å². The molecule has 1 amide bonds. The van der Waals surface area contributed by atoms with Crippen molar-refractivity contribution in [3.63, 3.8) is 0 Å². The number of nitrogens with zero attached hydrogens (tertiary/aromatic N) is 3. The summed E-state index contributed by atoms with van der Waals surface area (Å²) in [5.74, 6) is 0.797. The Hall–Kier alpha value is -3.45. The molecule has 0 saturated carbocycles. The van der Waals surface area contributed by atoms with Crippen molar-refractivity contribution in [3.05, 3.63) is 82.6 Å². The summed E-state index contributed by atoms with van der Waals surface area (Å²) in [6, 6.07) is 20.8. The molecule has 1 aromatic heterocycles.